The zero-order valence-corrected chi connectivity index (χ0v) is 13.0. The minimum atomic E-state index is 0.455. The Balaban J connectivity index is 0.000000514. The molecular formula is C16H23Br. The molecule has 2 bridgehead atoms. The van der Waals surface area contributed by atoms with Gasteiger partial charge in [0.1, 0.15) is 0 Å². The van der Waals surface area contributed by atoms with Gasteiger partial charge in [0, 0.05) is 4.47 Å². The van der Waals surface area contributed by atoms with E-state index in [4.69, 9.17) is 0 Å². The number of benzene rings is 1. The first-order valence-electron chi connectivity index (χ1n) is 6.84. The minimum Gasteiger partial charge on any atom is -0.0683 e. The zero-order valence-electron chi connectivity index (χ0n) is 11.4. The van der Waals surface area contributed by atoms with Crippen molar-refractivity contribution >= 4 is 15.9 Å². The third-order valence-corrected chi connectivity index (χ3v) is 5.23. The van der Waals surface area contributed by atoms with Crippen molar-refractivity contribution in [2.24, 2.45) is 0 Å². The first kappa shape index (κ1) is 13.1. The lowest BCUT2D eigenvalue weighted by Gasteiger charge is -2.52. The SMILES string of the molecule is CC.CC12CCC(C)(CC1)c1cc(Br)ccc12. The summed E-state index contributed by atoms with van der Waals surface area (Å²) < 4.78 is 1.23. The van der Waals surface area contributed by atoms with E-state index in [9.17, 15) is 0 Å². The van der Waals surface area contributed by atoms with Crippen molar-refractivity contribution in [3.63, 3.8) is 0 Å². The number of hydrogen-bond acceptors (Lipinski definition) is 0. The van der Waals surface area contributed by atoms with E-state index in [2.05, 4.69) is 48.0 Å². The first-order chi connectivity index (χ1) is 8.04. The van der Waals surface area contributed by atoms with E-state index in [1.54, 1.807) is 11.1 Å². The summed E-state index contributed by atoms with van der Waals surface area (Å²) in [5.74, 6) is 0. The second kappa shape index (κ2) is 4.42. The summed E-state index contributed by atoms with van der Waals surface area (Å²) >= 11 is 3.60. The van der Waals surface area contributed by atoms with Gasteiger partial charge in [-0.3, -0.25) is 0 Å². The molecule has 1 aromatic rings. The van der Waals surface area contributed by atoms with Crippen LogP contribution in [0.4, 0.5) is 0 Å². The highest BCUT2D eigenvalue weighted by Gasteiger charge is 2.47. The fourth-order valence-corrected chi connectivity index (χ4v) is 3.80. The lowest BCUT2D eigenvalue weighted by molar-refractivity contribution is 0.187. The summed E-state index contributed by atoms with van der Waals surface area (Å²) in [7, 11) is 0. The summed E-state index contributed by atoms with van der Waals surface area (Å²) in [5, 5.41) is 0. The number of rotatable bonds is 0. The van der Waals surface area contributed by atoms with Crippen LogP contribution in [0.2, 0.25) is 0 Å². The van der Waals surface area contributed by atoms with E-state index in [-0.39, 0.29) is 0 Å². The van der Waals surface area contributed by atoms with E-state index in [1.807, 2.05) is 13.8 Å². The molecule has 0 aromatic heterocycles. The molecule has 0 amide bonds. The van der Waals surface area contributed by atoms with Gasteiger partial charge in [0.05, 0.1) is 0 Å². The van der Waals surface area contributed by atoms with Gasteiger partial charge in [-0.05, 0) is 59.8 Å². The van der Waals surface area contributed by atoms with E-state index < -0.39 is 0 Å². The maximum atomic E-state index is 3.60. The predicted molar refractivity (Wildman–Crippen MR) is 78.7 cm³/mol. The van der Waals surface area contributed by atoms with Crippen molar-refractivity contribution in [1.29, 1.82) is 0 Å². The highest BCUT2D eigenvalue weighted by atomic mass is 79.9. The largest absolute Gasteiger partial charge is 0.0683 e. The molecule has 0 radical (unpaired) electrons. The van der Waals surface area contributed by atoms with Crippen molar-refractivity contribution in [2.75, 3.05) is 0 Å². The maximum Gasteiger partial charge on any atom is 0.0178 e. The average molecular weight is 295 g/mol. The van der Waals surface area contributed by atoms with Gasteiger partial charge in [0.15, 0.2) is 0 Å². The lowest BCUT2D eigenvalue weighted by atomic mass is 9.53. The van der Waals surface area contributed by atoms with Gasteiger partial charge >= 0.3 is 0 Å². The molecule has 0 spiro atoms. The quantitative estimate of drug-likeness (QED) is 0.586. The van der Waals surface area contributed by atoms with Crippen molar-refractivity contribution in [2.45, 2.75) is 64.2 Å². The van der Waals surface area contributed by atoms with Crippen LogP contribution in [0, 0.1) is 0 Å². The molecule has 1 fully saturated rings. The Kier molecular flexibility index (Phi) is 3.42. The number of halogens is 1. The summed E-state index contributed by atoms with van der Waals surface area (Å²) in [5.41, 5.74) is 4.15. The molecule has 0 atom stereocenters. The van der Waals surface area contributed by atoms with E-state index in [0.29, 0.717) is 10.8 Å². The second-order valence-electron chi connectivity index (χ2n) is 5.81. The normalized spacial score (nSPS) is 33.7. The maximum absolute atomic E-state index is 3.60. The Labute approximate surface area is 114 Å². The Bertz CT molecular complexity index is 412. The van der Waals surface area contributed by atoms with Crippen LogP contribution in [0.1, 0.15) is 64.5 Å². The molecule has 0 unspecified atom stereocenters. The molecule has 0 aliphatic heterocycles. The van der Waals surface area contributed by atoms with Crippen LogP contribution in [0.15, 0.2) is 22.7 Å². The smallest absolute Gasteiger partial charge is 0.0178 e. The molecule has 0 nitrogen and oxygen atoms in total. The average Bonchev–Trinajstić information content (AvgIpc) is 2.35. The monoisotopic (exact) mass is 294 g/mol. The molecular weight excluding hydrogens is 272 g/mol. The minimum absolute atomic E-state index is 0.455. The molecule has 0 N–H and O–H groups in total. The van der Waals surface area contributed by atoms with Crippen LogP contribution in [0.25, 0.3) is 0 Å². The Hall–Kier alpha value is -0.300. The Morgan fingerprint density at radius 1 is 0.882 bits per heavy atom. The van der Waals surface area contributed by atoms with Crippen LogP contribution in [0.3, 0.4) is 0 Å². The van der Waals surface area contributed by atoms with E-state index in [1.165, 1.54) is 30.2 Å². The lowest BCUT2D eigenvalue weighted by Crippen LogP contribution is -2.44. The summed E-state index contributed by atoms with van der Waals surface area (Å²) in [6.07, 6.45) is 5.48. The van der Waals surface area contributed by atoms with Gasteiger partial charge in [-0.15, -0.1) is 0 Å². The summed E-state index contributed by atoms with van der Waals surface area (Å²) in [6, 6.07) is 6.90. The first-order valence-corrected chi connectivity index (χ1v) is 7.63. The van der Waals surface area contributed by atoms with Gasteiger partial charge in [-0.25, -0.2) is 0 Å². The topological polar surface area (TPSA) is 0 Å². The van der Waals surface area contributed by atoms with Crippen molar-refractivity contribution < 1.29 is 0 Å². The van der Waals surface area contributed by atoms with Crippen LogP contribution in [-0.4, -0.2) is 0 Å². The van der Waals surface area contributed by atoms with E-state index >= 15 is 0 Å². The molecule has 94 valence electrons. The van der Waals surface area contributed by atoms with Gasteiger partial charge in [-0.2, -0.15) is 0 Å². The highest BCUT2D eigenvalue weighted by molar-refractivity contribution is 9.10. The fraction of sp³-hybridized carbons (Fsp3) is 0.625. The number of fused-ring (bicyclic) bond motifs is 2. The number of hydrogen-bond donors (Lipinski definition) is 0. The fourth-order valence-electron chi connectivity index (χ4n) is 3.43. The third-order valence-electron chi connectivity index (χ3n) is 4.74. The molecule has 0 saturated heterocycles. The molecule has 3 aliphatic rings. The van der Waals surface area contributed by atoms with Gasteiger partial charge in [-0.1, -0.05) is 49.7 Å². The van der Waals surface area contributed by atoms with Crippen molar-refractivity contribution in [3.8, 4) is 0 Å². The molecule has 1 saturated carbocycles. The van der Waals surface area contributed by atoms with Gasteiger partial charge < -0.3 is 0 Å². The molecule has 3 aliphatic carbocycles. The van der Waals surface area contributed by atoms with Crippen LogP contribution >= 0.6 is 15.9 Å². The van der Waals surface area contributed by atoms with E-state index in [0.717, 1.165) is 0 Å². The van der Waals surface area contributed by atoms with Crippen LogP contribution in [-0.2, 0) is 10.8 Å². The summed E-state index contributed by atoms with van der Waals surface area (Å²) in [6.45, 7) is 8.88. The van der Waals surface area contributed by atoms with Gasteiger partial charge in [0.2, 0.25) is 0 Å². The van der Waals surface area contributed by atoms with Crippen LogP contribution in [0.5, 0.6) is 0 Å². The predicted octanol–water partition coefficient (Wildman–Crippen LogP) is 5.58. The summed E-state index contributed by atoms with van der Waals surface area (Å²) in [4.78, 5) is 0. The molecule has 17 heavy (non-hydrogen) atoms. The molecule has 0 heterocycles. The van der Waals surface area contributed by atoms with Gasteiger partial charge in [0.25, 0.3) is 0 Å². The Morgan fingerprint density at radius 3 is 1.88 bits per heavy atom. The Morgan fingerprint density at radius 2 is 1.35 bits per heavy atom. The standard InChI is InChI=1S/C14H17Br.C2H6/c1-13-5-7-14(2,8-6-13)12-9-10(15)3-4-11(12)13;1-2/h3-4,9H,5-8H2,1-2H3;1-2H3. The molecule has 4 rings (SSSR count). The molecule has 1 heteroatoms. The van der Waals surface area contributed by atoms with Crippen molar-refractivity contribution in [1.82, 2.24) is 0 Å². The van der Waals surface area contributed by atoms with Crippen LogP contribution < -0.4 is 0 Å². The third kappa shape index (κ3) is 1.97. The zero-order chi connectivity index (χ0) is 12.7. The molecule has 1 aromatic carbocycles. The second-order valence-corrected chi connectivity index (χ2v) is 6.73. The highest BCUT2D eigenvalue weighted by Crippen LogP contribution is 2.56. The van der Waals surface area contributed by atoms with Crippen molar-refractivity contribution in [3.05, 3.63) is 33.8 Å².